The van der Waals surface area contributed by atoms with Crippen molar-refractivity contribution in [1.82, 2.24) is 24.4 Å². The van der Waals surface area contributed by atoms with Crippen LogP contribution in [0.2, 0.25) is 0 Å². The smallest absolute Gasteiger partial charge is 0.350 e. The van der Waals surface area contributed by atoms with E-state index in [2.05, 4.69) is 21.5 Å². The lowest BCUT2D eigenvalue weighted by molar-refractivity contribution is -0.126. The molecule has 1 atom stereocenters. The number of aromatic nitrogens is 4. The number of amides is 1. The number of carbonyl (C=O) groups is 1. The summed E-state index contributed by atoms with van der Waals surface area (Å²) in [6.45, 7) is 6.20. The summed E-state index contributed by atoms with van der Waals surface area (Å²) < 4.78 is 56.4. The summed E-state index contributed by atoms with van der Waals surface area (Å²) in [4.78, 5) is 41.7. The second-order valence-corrected chi connectivity index (χ2v) is 11.3. The Morgan fingerprint density at radius 3 is 2.52 bits per heavy atom. The van der Waals surface area contributed by atoms with Crippen LogP contribution in [0.3, 0.4) is 0 Å². The van der Waals surface area contributed by atoms with Crippen molar-refractivity contribution in [3.8, 4) is 16.9 Å². The van der Waals surface area contributed by atoms with E-state index in [4.69, 9.17) is 0 Å². The van der Waals surface area contributed by atoms with Gasteiger partial charge in [0, 0.05) is 43.7 Å². The van der Waals surface area contributed by atoms with E-state index in [0.29, 0.717) is 13.1 Å². The molecule has 3 aromatic heterocycles. The van der Waals surface area contributed by atoms with E-state index < -0.39 is 32.2 Å². The summed E-state index contributed by atoms with van der Waals surface area (Å²) in [6, 6.07) is 9.04. The molecule has 0 aliphatic carbocycles. The van der Waals surface area contributed by atoms with Gasteiger partial charge in [-0.25, -0.2) is 36.5 Å². The molecule has 0 saturated carbocycles. The molecule has 13 heteroatoms. The molecule has 4 heterocycles. The zero-order chi connectivity index (χ0) is 28.8. The van der Waals surface area contributed by atoms with Gasteiger partial charge in [0.05, 0.1) is 11.1 Å². The van der Waals surface area contributed by atoms with Gasteiger partial charge in [0.1, 0.15) is 23.1 Å². The van der Waals surface area contributed by atoms with E-state index in [1.165, 1.54) is 42.6 Å². The number of piperazine rings is 1. The first-order valence-corrected chi connectivity index (χ1v) is 14.1. The van der Waals surface area contributed by atoms with Gasteiger partial charge in [-0.1, -0.05) is 18.7 Å². The number of anilines is 1. The Kier molecular flexibility index (Phi) is 6.92. The maximum Gasteiger partial charge on any atom is 0.355 e. The molecule has 4 aromatic rings. The van der Waals surface area contributed by atoms with Crippen LogP contribution in [0.4, 0.5) is 14.6 Å². The fourth-order valence-corrected chi connectivity index (χ4v) is 5.62. The average molecular weight is 567 g/mol. The lowest BCUT2D eigenvalue weighted by Gasteiger charge is -2.40. The third kappa shape index (κ3) is 4.72. The number of nitrogens with zero attached hydrogens (tertiary/aromatic N) is 6. The van der Waals surface area contributed by atoms with E-state index in [0.717, 1.165) is 23.0 Å². The lowest BCUT2D eigenvalue weighted by Crippen LogP contribution is -2.54. The van der Waals surface area contributed by atoms with Crippen LogP contribution in [0, 0.1) is 11.6 Å². The van der Waals surface area contributed by atoms with Crippen LogP contribution in [-0.4, -0.2) is 70.7 Å². The third-order valence-electron chi connectivity index (χ3n) is 6.66. The highest BCUT2D eigenvalue weighted by atomic mass is 32.2. The molecule has 10 nitrogen and oxygen atoms in total. The van der Waals surface area contributed by atoms with Gasteiger partial charge in [0.15, 0.2) is 20.5 Å². The molecule has 0 radical (unpaired) electrons. The highest BCUT2D eigenvalue weighted by Crippen LogP contribution is 2.32. The Hall–Kier alpha value is -4.52. The van der Waals surface area contributed by atoms with Crippen molar-refractivity contribution in [1.29, 1.82) is 0 Å². The molecular formula is C27H24F2N6O4S. The quantitative estimate of drug-likeness (QED) is 0.339. The molecule has 0 unspecified atom stereocenters. The summed E-state index contributed by atoms with van der Waals surface area (Å²) in [5.41, 5.74) is -1.67. The molecule has 1 aliphatic rings. The Morgan fingerprint density at radius 2 is 1.85 bits per heavy atom. The minimum Gasteiger partial charge on any atom is -0.350 e. The monoisotopic (exact) mass is 566 g/mol. The van der Waals surface area contributed by atoms with Crippen molar-refractivity contribution in [3.63, 3.8) is 0 Å². The van der Waals surface area contributed by atoms with Crippen molar-refractivity contribution >= 4 is 32.6 Å². The topological polar surface area (TPSA) is 118 Å². The minimum atomic E-state index is -3.92. The van der Waals surface area contributed by atoms with Crippen LogP contribution in [-0.2, 0) is 14.6 Å². The van der Waals surface area contributed by atoms with E-state index in [1.54, 1.807) is 9.80 Å². The highest BCUT2D eigenvalue weighted by Gasteiger charge is 2.30. The number of sulfone groups is 1. The van der Waals surface area contributed by atoms with Gasteiger partial charge in [-0.3, -0.25) is 4.79 Å². The van der Waals surface area contributed by atoms with Crippen LogP contribution in [0.5, 0.6) is 0 Å². The second kappa shape index (κ2) is 10.2. The summed E-state index contributed by atoms with van der Waals surface area (Å²) in [7, 11) is -3.92. The number of pyridine rings is 2. The zero-order valence-electron chi connectivity index (χ0n) is 21.6. The van der Waals surface area contributed by atoms with Gasteiger partial charge in [0.25, 0.3) is 0 Å². The van der Waals surface area contributed by atoms with Crippen molar-refractivity contribution in [2.75, 3.05) is 30.8 Å². The van der Waals surface area contributed by atoms with Crippen LogP contribution in [0.25, 0.3) is 28.0 Å². The Balaban J connectivity index is 1.81. The normalized spacial score (nSPS) is 15.8. The Morgan fingerprint density at radius 1 is 1.10 bits per heavy atom. The predicted molar refractivity (Wildman–Crippen MR) is 145 cm³/mol. The van der Waals surface area contributed by atoms with Crippen molar-refractivity contribution in [2.24, 2.45) is 0 Å². The van der Waals surface area contributed by atoms with Gasteiger partial charge < -0.3 is 9.80 Å². The maximum atomic E-state index is 15.6. The first-order valence-electron chi connectivity index (χ1n) is 12.2. The van der Waals surface area contributed by atoms with Crippen LogP contribution < -0.4 is 10.6 Å². The molecule has 1 fully saturated rings. The van der Waals surface area contributed by atoms with Crippen molar-refractivity contribution in [3.05, 3.63) is 83.4 Å². The lowest BCUT2D eigenvalue weighted by atomic mass is 10.1. The van der Waals surface area contributed by atoms with Gasteiger partial charge in [-0.05, 0) is 43.3 Å². The molecular weight excluding hydrogens is 542 g/mol. The first-order chi connectivity index (χ1) is 19.0. The molecule has 1 aromatic carbocycles. The predicted octanol–water partition coefficient (Wildman–Crippen LogP) is 2.75. The van der Waals surface area contributed by atoms with E-state index >= 15 is 4.39 Å². The molecule has 5 rings (SSSR count). The minimum absolute atomic E-state index is 0.0934. The number of rotatable bonds is 5. The van der Waals surface area contributed by atoms with E-state index in [-0.39, 0.29) is 52.3 Å². The molecule has 1 aliphatic heterocycles. The number of fused-ring (bicyclic) bond motifs is 1. The van der Waals surface area contributed by atoms with Crippen molar-refractivity contribution in [2.45, 2.75) is 18.0 Å². The molecule has 1 saturated heterocycles. The van der Waals surface area contributed by atoms with Gasteiger partial charge in [-0.15, -0.1) is 0 Å². The Labute approximate surface area is 228 Å². The molecule has 1 amide bonds. The zero-order valence-corrected chi connectivity index (χ0v) is 22.4. The van der Waals surface area contributed by atoms with Crippen LogP contribution in [0.1, 0.15) is 6.92 Å². The summed E-state index contributed by atoms with van der Waals surface area (Å²) in [5.74, 6) is -1.74. The molecule has 0 N–H and O–H groups in total. The molecule has 0 spiro atoms. The van der Waals surface area contributed by atoms with Crippen LogP contribution in [0.15, 0.2) is 71.1 Å². The number of carbonyl (C=O) groups excluding carboxylic acids is 1. The van der Waals surface area contributed by atoms with Crippen molar-refractivity contribution < 1.29 is 22.0 Å². The maximum absolute atomic E-state index is 15.6. The molecule has 206 valence electrons. The number of halogens is 2. The summed E-state index contributed by atoms with van der Waals surface area (Å²) >= 11 is 0. The van der Waals surface area contributed by atoms with E-state index in [1.807, 2.05) is 6.92 Å². The number of hydrogen-bond acceptors (Lipinski definition) is 8. The third-order valence-corrected chi connectivity index (χ3v) is 7.68. The van der Waals surface area contributed by atoms with Gasteiger partial charge >= 0.3 is 5.69 Å². The number of hydrogen-bond donors (Lipinski definition) is 0. The molecule has 0 bridgehead atoms. The van der Waals surface area contributed by atoms with E-state index in [9.17, 15) is 22.4 Å². The van der Waals surface area contributed by atoms with Crippen LogP contribution >= 0.6 is 0 Å². The SMILES string of the molecule is C=CC(=O)N1CCN(c2nc(=O)n(-c3cccnc3S(C)(=O)=O)c3nc(-c4ccccc4F)c(F)cc23)[C@@H](C)C1. The summed E-state index contributed by atoms with van der Waals surface area (Å²) in [6.07, 6.45) is 3.42. The van der Waals surface area contributed by atoms with Gasteiger partial charge in [-0.2, -0.15) is 4.98 Å². The average Bonchev–Trinajstić information content (AvgIpc) is 2.92. The first kappa shape index (κ1) is 27.1. The fourth-order valence-electron chi connectivity index (χ4n) is 4.82. The number of benzene rings is 1. The highest BCUT2D eigenvalue weighted by molar-refractivity contribution is 7.90. The van der Waals surface area contributed by atoms with Gasteiger partial charge in [0.2, 0.25) is 5.91 Å². The second-order valence-electron chi connectivity index (χ2n) is 9.35. The largest absolute Gasteiger partial charge is 0.355 e. The Bertz CT molecular complexity index is 1840. The fraction of sp³-hybridized carbons (Fsp3) is 0.222. The standard InChI is InChI=1S/C27H24F2N6O4S/c1-4-22(36)33-12-13-34(16(2)15-33)24-18-14-20(29)23(17-8-5-6-9-19(17)28)31-25(18)35(27(37)32-24)21-10-7-11-30-26(21)40(3,38)39/h4-11,14,16H,1,12-13,15H2,2-3H3/t16-/m0/s1. The molecule has 40 heavy (non-hydrogen) atoms. The summed E-state index contributed by atoms with van der Waals surface area (Å²) in [5, 5.41) is -0.313.